The number of amides is 1. The highest BCUT2D eigenvalue weighted by Gasteiger charge is 2.43. The highest BCUT2D eigenvalue weighted by molar-refractivity contribution is 5.93. The highest BCUT2D eigenvalue weighted by atomic mass is 16.5. The summed E-state index contributed by atoms with van der Waals surface area (Å²) in [5, 5.41) is 0. The summed E-state index contributed by atoms with van der Waals surface area (Å²) in [4.78, 5) is 17.9. The van der Waals surface area contributed by atoms with Crippen LogP contribution >= 0.6 is 0 Å². The van der Waals surface area contributed by atoms with Gasteiger partial charge in [-0.2, -0.15) is 0 Å². The van der Waals surface area contributed by atoms with Crippen molar-refractivity contribution in [3.8, 4) is 5.75 Å². The predicted molar refractivity (Wildman–Crippen MR) is 88.7 cm³/mol. The third kappa shape index (κ3) is 2.52. The average molecular weight is 310 g/mol. The largest absolute Gasteiger partial charge is 0.497 e. The van der Waals surface area contributed by atoms with E-state index < -0.39 is 0 Å². The minimum atomic E-state index is 0.163. The summed E-state index contributed by atoms with van der Waals surface area (Å²) >= 11 is 0. The molecule has 4 heteroatoms. The normalized spacial score (nSPS) is 26.3. The Labute approximate surface area is 136 Å². The van der Waals surface area contributed by atoms with Crippen molar-refractivity contribution in [1.82, 2.24) is 9.88 Å². The molecular formula is C19H22N2O2. The number of fused-ring (bicyclic) bond motifs is 2. The molecule has 0 radical (unpaired) electrons. The number of hydrogen-bond donors (Lipinski definition) is 1. The predicted octanol–water partition coefficient (Wildman–Crippen LogP) is 3.57. The van der Waals surface area contributed by atoms with Crippen LogP contribution in [0.1, 0.15) is 47.7 Å². The van der Waals surface area contributed by atoms with Gasteiger partial charge in [0.1, 0.15) is 11.4 Å². The molecule has 0 aliphatic carbocycles. The monoisotopic (exact) mass is 310 g/mol. The zero-order valence-electron chi connectivity index (χ0n) is 13.4. The summed E-state index contributed by atoms with van der Waals surface area (Å²) in [6.07, 6.45) is 6.21. The average Bonchev–Trinajstić information content (AvgIpc) is 3.21. The van der Waals surface area contributed by atoms with Gasteiger partial charge >= 0.3 is 0 Å². The molecule has 120 valence electrons. The Balaban J connectivity index is 1.52. The Hall–Kier alpha value is -2.23. The summed E-state index contributed by atoms with van der Waals surface area (Å²) in [5.74, 6) is 1.61. The summed E-state index contributed by atoms with van der Waals surface area (Å²) < 4.78 is 5.24. The number of nitrogens with one attached hydrogen (secondary N) is 1. The third-order valence-corrected chi connectivity index (χ3v) is 5.38. The second kappa shape index (κ2) is 5.76. The standard InChI is InChI=1S/C19H22N2O2/c1-23-17-8-4-13(5-9-17)14-11-15-6-7-16(12-14)21(15)19(22)18-3-2-10-20-18/h2-5,8-10,14-16,20H,6-7,11-12H2,1H3/t14?,15-,16+. The number of carbonyl (C=O) groups excluding carboxylic acids is 1. The second-order valence-corrected chi connectivity index (χ2v) is 6.62. The SMILES string of the molecule is COc1ccc(C2C[C@H]3CC[C@@H](C2)N3C(=O)c2ccc[nH]2)cc1. The van der Waals surface area contributed by atoms with E-state index in [9.17, 15) is 4.79 Å². The molecule has 1 aromatic carbocycles. The number of benzene rings is 1. The minimum Gasteiger partial charge on any atom is -0.497 e. The number of aromatic nitrogens is 1. The number of piperidine rings is 1. The van der Waals surface area contributed by atoms with Crippen molar-refractivity contribution in [1.29, 1.82) is 0 Å². The molecule has 4 nitrogen and oxygen atoms in total. The maximum atomic E-state index is 12.7. The number of hydrogen-bond acceptors (Lipinski definition) is 2. The summed E-state index contributed by atoms with van der Waals surface area (Å²) in [5.41, 5.74) is 2.08. The van der Waals surface area contributed by atoms with Crippen molar-refractivity contribution in [3.05, 3.63) is 53.9 Å². The summed E-state index contributed by atoms with van der Waals surface area (Å²) in [6.45, 7) is 0. The van der Waals surface area contributed by atoms with Crippen LogP contribution in [0.3, 0.4) is 0 Å². The number of rotatable bonds is 3. The minimum absolute atomic E-state index is 0.163. The maximum absolute atomic E-state index is 12.7. The molecule has 3 heterocycles. The second-order valence-electron chi connectivity index (χ2n) is 6.62. The van der Waals surface area contributed by atoms with E-state index in [0.29, 0.717) is 23.7 Å². The number of H-pyrrole nitrogens is 1. The Morgan fingerprint density at radius 1 is 1.13 bits per heavy atom. The Morgan fingerprint density at radius 2 is 1.83 bits per heavy atom. The number of nitrogens with zero attached hydrogens (tertiary/aromatic N) is 1. The third-order valence-electron chi connectivity index (χ3n) is 5.38. The first-order valence-electron chi connectivity index (χ1n) is 8.36. The van der Waals surface area contributed by atoms with E-state index in [1.165, 1.54) is 5.56 Å². The molecule has 2 fully saturated rings. The smallest absolute Gasteiger partial charge is 0.270 e. The van der Waals surface area contributed by atoms with Gasteiger partial charge in [-0.1, -0.05) is 12.1 Å². The number of carbonyl (C=O) groups is 1. The Bertz CT molecular complexity index is 664. The molecule has 2 saturated heterocycles. The van der Waals surface area contributed by atoms with Gasteiger partial charge in [-0.3, -0.25) is 4.79 Å². The lowest BCUT2D eigenvalue weighted by atomic mass is 9.85. The zero-order chi connectivity index (χ0) is 15.8. The molecule has 4 rings (SSSR count). The van der Waals surface area contributed by atoms with E-state index in [4.69, 9.17) is 4.74 Å². The summed E-state index contributed by atoms with van der Waals surface area (Å²) in [6, 6.07) is 12.9. The van der Waals surface area contributed by atoms with Crippen molar-refractivity contribution in [3.63, 3.8) is 0 Å². The molecular weight excluding hydrogens is 288 g/mol. The first-order valence-corrected chi connectivity index (χ1v) is 8.36. The molecule has 2 aliphatic rings. The molecule has 0 spiro atoms. The molecule has 2 aliphatic heterocycles. The van der Waals surface area contributed by atoms with Crippen LogP contribution in [0.5, 0.6) is 5.75 Å². The lowest BCUT2D eigenvalue weighted by Crippen LogP contribution is -2.46. The number of methoxy groups -OCH3 is 1. The molecule has 1 unspecified atom stereocenters. The van der Waals surface area contributed by atoms with E-state index in [1.807, 2.05) is 30.5 Å². The topological polar surface area (TPSA) is 45.3 Å². The maximum Gasteiger partial charge on any atom is 0.270 e. The van der Waals surface area contributed by atoms with Crippen LogP contribution in [0.15, 0.2) is 42.6 Å². The van der Waals surface area contributed by atoms with Crippen LogP contribution in [0.2, 0.25) is 0 Å². The number of aromatic amines is 1. The van der Waals surface area contributed by atoms with Crippen LogP contribution in [0, 0.1) is 0 Å². The van der Waals surface area contributed by atoms with Crippen LogP contribution in [-0.4, -0.2) is 35.0 Å². The fourth-order valence-electron chi connectivity index (χ4n) is 4.26. The molecule has 1 aromatic heterocycles. The van der Waals surface area contributed by atoms with Crippen molar-refractivity contribution >= 4 is 5.91 Å². The van der Waals surface area contributed by atoms with Crippen LogP contribution in [0.25, 0.3) is 0 Å². The number of ether oxygens (including phenoxy) is 1. The van der Waals surface area contributed by atoms with Gasteiger partial charge in [-0.05, 0) is 61.4 Å². The van der Waals surface area contributed by atoms with Gasteiger partial charge in [-0.25, -0.2) is 0 Å². The molecule has 1 N–H and O–H groups in total. The van der Waals surface area contributed by atoms with E-state index in [0.717, 1.165) is 31.4 Å². The van der Waals surface area contributed by atoms with E-state index in [1.54, 1.807) is 7.11 Å². The van der Waals surface area contributed by atoms with Gasteiger partial charge in [0, 0.05) is 18.3 Å². The molecule has 2 aromatic rings. The van der Waals surface area contributed by atoms with Crippen molar-refractivity contribution < 1.29 is 9.53 Å². The van der Waals surface area contributed by atoms with Gasteiger partial charge < -0.3 is 14.6 Å². The van der Waals surface area contributed by atoms with Gasteiger partial charge in [-0.15, -0.1) is 0 Å². The van der Waals surface area contributed by atoms with Crippen molar-refractivity contribution in [2.24, 2.45) is 0 Å². The molecule has 2 bridgehead atoms. The quantitative estimate of drug-likeness (QED) is 0.942. The lowest BCUT2D eigenvalue weighted by molar-refractivity contribution is 0.0566. The molecule has 1 amide bonds. The first kappa shape index (κ1) is 14.4. The van der Waals surface area contributed by atoms with E-state index in [2.05, 4.69) is 22.0 Å². The molecule has 23 heavy (non-hydrogen) atoms. The molecule has 0 saturated carbocycles. The Morgan fingerprint density at radius 3 is 2.39 bits per heavy atom. The van der Waals surface area contributed by atoms with Gasteiger partial charge in [0.15, 0.2) is 0 Å². The fraction of sp³-hybridized carbons (Fsp3) is 0.421. The summed E-state index contributed by atoms with van der Waals surface area (Å²) in [7, 11) is 1.69. The first-order chi connectivity index (χ1) is 11.3. The highest BCUT2D eigenvalue weighted by Crippen LogP contribution is 2.43. The zero-order valence-corrected chi connectivity index (χ0v) is 13.4. The van der Waals surface area contributed by atoms with Crippen LogP contribution < -0.4 is 4.74 Å². The van der Waals surface area contributed by atoms with Gasteiger partial charge in [0.2, 0.25) is 0 Å². The molecule has 3 atom stereocenters. The van der Waals surface area contributed by atoms with Crippen LogP contribution in [-0.2, 0) is 0 Å². The van der Waals surface area contributed by atoms with E-state index in [-0.39, 0.29) is 5.91 Å². The van der Waals surface area contributed by atoms with Crippen molar-refractivity contribution in [2.75, 3.05) is 7.11 Å². The van der Waals surface area contributed by atoms with Crippen molar-refractivity contribution in [2.45, 2.75) is 43.7 Å². The van der Waals surface area contributed by atoms with Gasteiger partial charge in [0.25, 0.3) is 5.91 Å². The Kier molecular flexibility index (Phi) is 3.60. The van der Waals surface area contributed by atoms with Crippen LogP contribution in [0.4, 0.5) is 0 Å². The fourth-order valence-corrected chi connectivity index (χ4v) is 4.26. The lowest BCUT2D eigenvalue weighted by Gasteiger charge is -2.39. The van der Waals surface area contributed by atoms with E-state index >= 15 is 0 Å². The van der Waals surface area contributed by atoms with Gasteiger partial charge in [0.05, 0.1) is 7.11 Å².